The Morgan fingerprint density at radius 1 is 1.18 bits per heavy atom. The fraction of sp³-hybridized carbons (Fsp3) is 0.455. The molecule has 1 rings (SSSR count). The van der Waals surface area contributed by atoms with Gasteiger partial charge in [0.2, 0.25) is 0 Å². The molecule has 0 spiro atoms. The topological polar surface area (TPSA) is 60.9 Å². The van der Waals surface area contributed by atoms with Crippen LogP contribution in [-0.4, -0.2) is 49.4 Å². The smallest absolute Gasteiger partial charge is 0.264 e. The highest BCUT2D eigenvalue weighted by Crippen LogP contribution is 2.23. The molecule has 0 aliphatic rings. The van der Waals surface area contributed by atoms with E-state index in [1.807, 2.05) is 50.9 Å². The lowest BCUT2D eigenvalue weighted by Gasteiger charge is -2.24. The molecule has 0 saturated carbocycles. The van der Waals surface area contributed by atoms with E-state index in [0.29, 0.717) is 30.8 Å². The van der Waals surface area contributed by atoms with Crippen molar-refractivity contribution in [1.82, 2.24) is 9.21 Å². The Morgan fingerprint density at radius 2 is 1.82 bits per heavy atom. The van der Waals surface area contributed by atoms with Gasteiger partial charge in [0.1, 0.15) is 0 Å². The number of aliphatic hydroxyl groups is 1. The number of nitrogens with zero attached hydrogens (tertiary/aromatic N) is 2. The first kappa shape index (κ1) is 24.1. The third kappa shape index (κ3) is 6.62. The van der Waals surface area contributed by atoms with E-state index in [1.165, 1.54) is 4.31 Å². The van der Waals surface area contributed by atoms with Crippen molar-refractivity contribution in [2.75, 3.05) is 26.7 Å². The van der Waals surface area contributed by atoms with Gasteiger partial charge in [0.05, 0.1) is 11.0 Å². The summed E-state index contributed by atoms with van der Waals surface area (Å²) in [5.74, 6) is 0. The molecule has 1 unspecified atom stereocenters. The summed E-state index contributed by atoms with van der Waals surface area (Å²) >= 11 is 0. The van der Waals surface area contributed by atoms with Crippen molar-refractivity contribution in [3.05, 3.63) is 66.4 Å². The van der Waals surface area contributed by atoms with Crippen LogP contribution in [0.4, 0.5) is 0 Å². The summed E-state index contributed by atoms with van der Waals surface area (Å²) in [6.07, 6.45) is 8.13. The second-order valence-corrected chi connectivity index (χ2v) is 8.44. The van der Waals surface area contributed by atoms with Crippen molar-refractivity contribution in [2.45, 2.75) is 44.6 Å². The Balaban J connectivity index is 3.17. The Hall–Kier alpha value is -1.89. The van der Waals surface area contributed by atoms with Crippen molar-refractivity contribution in [1.29, 1.82) is 0 Å². The maximum absolute atomic E-state index is 13.2. The first-order valence-electron chi connectivity index (χ1n) is 9.78. The minimum absolute atomic E-state index is 0.212. The van der Waals surface area contributed by atoms with Crippen molar-refractivity contribution in [3.63, 3.8) is 0 Å². The molecule has 28 heavy (non-hydrogen) atoms. The second-order valence-electron chi connectivity index (χ2n) is 6.57. The standard InChI is InChI=1S/C22H34N2O3S/c1-6-10-12-20(13-11-7-2)24(9-4)28(26,27)21-16-14-19(15-17-21)22(25)18-23(5)8-3/h6,11-17,22,25H,1,7-10,18H2,2-5H3. The molecule has 6 heteroatoms. The van der Waals surface area contributed by atoms with E-state index in [1.54, 1.807) is 30.3 Å². The molecule has 0 aromatic heterocycles. The number of hydrogen-bond acceptors (Lipinski definition) is 4. The maximum Gasteiger partial charge on any atom is 0.264 e. The minimum Gasteiger partial charge on any atom is -0.387 e. The number of rotatable bonds is 12. The summed E-state index contributed by atoms with van der Waals surface area (Å²) in [6, 6.07) is 6.50. The molecule has 1 aromatic rings. The van der Waals surface area contributed by atoms with E-state index >= 15 is 0 Å². The Bertz CT molecular complexity index is 767. The molecular weight excluding hydrogens is 372 g/mol. The third-order valence-corrected chi connectivity index (χ3v) is 6.39. The second kappa shape index (κ2) is 11.8. The van der Waals surface area contributed by atoms with Crippen LogP contribution in [0.5, 0.6) is 0 Å². The molecule has 0 amide bonds. The van der Waals surface area contributed by atoms with Crippen LogP contribution in [-0.2, 0) is 10.0 Å². The quantitative estimate of drug-likeness (QED) is 0.419. The van der Waals surface area contributed by atoms with Crippen LogP contribution in [0.2, 0.25) is 0 Å². The van der Waals surface area contributed by atoms with Gasteiger partial charge >= 0.3 is 0 Å². The summed E-state index contributed by atoms with van der Waals surface area (Å²) in [5.41, 5.74) is 1.34. The van der Waals surface area contributed by atoms with Crippen LogP contribution in [0.25, 0.3) is 0 Å². The molecule has 0 aliphatic carbocycles. The Morgan fingerprint density at radius 3 is 2.32 bits per heavy atom. The first-order valence-corrected chi connectivity index (χ1v) is 11.2. The predicted molar refractivity (Wildman–Crippen MR) is 116 cm³/mol. The predicted octanol–water partition coefficient (Wildman–Crippen LogP) is 4.11. The SMILES string of the molecule is C=CCC=C(C=CCC)N(CC)S(=O)(=O)c1ccc(C(O)CN(C)CC)cc1. The molecule has 0 fully saturated rings. The van der Waals surface area contributed by atoms with Crippen molar-refractivity contribution >= 4 is 10.0 Å². The highest BCUT2D eigenvalue weighted by atomic mass is 32.2. The van der Waals surface area contributed by atoms with Gasteiger partial charge in [-0.3, -0.25) is 4.31 Å². The zero-order valence-electron chi connectivity index (χ0n) is 17.5. The van der Waals surface area contributed by atoms with Crippen molar-refractivity contribution < 1.29 is 13.5 Å². The van der Waals surface area contributed by atoms with E-state index in [4.69, 9.17) is 0 Å². The summed E-state index contributed by atoms with van der Waals surface area (Å²) in [4.78, 5) is 2.22. The van der Waals surface area contributed by atoms with Gasteiger partial charge in [-0.25, -0.2) is 8.42 Å². The largest absolute Gasteiger partial charge is 0.387 e. The van der Waals surface area contributed by atoms with Crippen LogP contribution in [0.1, 0.15) is 45.3 Å². The van der Waals surface area contributed by atoms with Gasteiger partial charge in [-0.05, 0) is 57.1 Å². The summed E-state index contributed by atoms with van der Waals surface area (Å²) in [7, 11) is -1.76. The molecule has 0 aliphatic heterocycles. The lowest BCUT2D eigenvalue weighted by atomic mass is 10.1. The number of allylic oxidation sites excluding steroid dienone is 4. The monoisotopic (exact) mass is 406 g/mol. The van der Waals surface area contributed by atoms with Crippen LogP contribution >= 0.6 is 0 Å². The zero-order chi connectivity index (χ0) is 21.2. The molecule has 0 radical (unpaired) electrons. The number of benzene rings is 1. The maximum atomic E-state index is 13.2. The van der Waals surface area contributed by atoms with Crippen LogP contribution in [0, 0.1) is 0 Å². The highest BCUT2D eigenvalue weighted by Gasteiger charge is 2.24. The highest BCUT2D eigenvalue weighted by molar-refractivity contribution is 7.89. The summed E-state index contributed by atoms with van der Waals surface area (Å²) in [5, 5.41) is 10.3. The number of hydrogen-bond donors (Lipinski definition) is 1. The molecule has 156 valence electrons. The normalized spacial score (nSPS) is 13.9. The molecule has 5 nitrogen and oxygen atoms in total. The van der Waals surface area contributed by atoms with Gasteiger partial charge in [0.25, 0.3) is 10.0 Å². The summed E-state index contributed by atoms with van der Waals surface area (Å²) < 4.78 is 27.8. The van der Waals surface area contributed by atoms with Crippen LogP contribution < -0.4 is 0 Å². The average molecular weight is 407 g/mol. The molecule has 0 heterocycles. The molecule has 1 N–H and O–H groups in total. The van der Waals surface area contributed by atoms with Crippen LogP contribution in [0.15, 0.2) is 65.7 Å². The molecule has 1 atom stereocenters. The molecule has 0 saturated heterocycles. The Labute approximate surface area is 170 Å². The summed E-state index contributed by atoms with van der Waals surface area (Å²) in [6.45, 7) is 11.2. The van der Waals surface area contributed by atoms with Crippen molar-refractivity contribution in [2.24, 2.45) is 0 Å². The number of sulfonamides is 1. The van der Waals surface area contributed by atoms with E-state index < -0.39 is 16.1 Å². The van der Waals surface area contributed by atoms with Crippen LogP contribution in [0.3, 0.4) is 0 Å². The first-order chi connectivity index (χ1) is 13.3. The lowest BCUT2D eigenvalue weighted by Crippen LogP contribution is -2.30. The zero-order valence-corrected chi connectivity index (χ0v) is 18.3. The van der Waals surface area contributed by atoms with Gasteiger partial charge in [0, 0.05) is 18.8 Å². The number of aliphatic hydroxyl groups excluding tert-OH is 1. The lowest BCUT2D eigenvalue weighted by molar-refractivity contribution is 0.129. The Kier molecular flexibility index (Phi) is 10.2. The van der Waals surface area contributed by atoms with Gasteiger partial charge < -0.3 is 10.0 Å². The fourth-order valence-corrected chi connectivity index (χ4v) is 4.19. The molecule has 1 aromatic carbocycles. The molecular formula is C22H34N2O3S. The van der Waals surface area contributed by atoms with E-state index in [2.05, 4.69) is 6.58 Å². The van der Waals surface area contributed by atoms with Gasteiger partial charge in [-0.15, -0.1) is 6.58 Å². The number of likely N-dealkylation sites (N-methyl/N-ethyl adjacent to an activating group) is 2. The van der Waals surface area contributed by atoms with E-state index in [0.717, 1.165) is 13.0 Å². The minimum atomic E-state index is -3.69. The third-order valence-electron chi connectivity index (χ3n) is 4.47. The van der Waals surface area contributed by atoms with E-state index in [9.17, 15) is 13.5 Å². The van der Waals surface area contributed by atoms with Gasteiger partial charge in [0.15, 0.2) is 0 Å². The fourth-order valence-electron chi connectivity index (χ4n) is 2.71. The van der Waals surface area contributed by atoms with Gasteiger partial charge in [-0.2, -0.15) is 0 Å². The average Bonchev–Trinajstić information content (AvgIpc) is 2.69. The van der Waals surface area contributed by atoms with Crippen molar-refractivity contribution in [3.8, 4) is 0 Å². The van der Waals surface area contributed by atoms with E-state index in [-0.39, 0.29) is 4.90 Å². The van der Waals surface area contributed by atoms with Gasteiger partial charge in [-0.1, -0.05) is 44.2 Å². The molecule has 0 bridgehead atoms.